The Morgan fingerprint density at radius 3 is 2.84 bits per heavy atom. The molecule has 0 spiro atoms. The zero-order valence-corrected chi connectivity index (χ0v) is 11.0. The Kier molecular flexibility index (Phi) is 5.42. The lowest BCUT2D eigenvalue weighted by Gasteiger charge is -2.06. The molecule has 0 aliphatic heterocycles. The first-order valence-corrected chi connectivity index (χ1v) is 6.03. The van der Waals surface area contributed by atoms with Crippen molar-refractivity contribution in [2.75, 3.05) is 11.9 Å². The number of nitrogens with zero attached hydrogens (tertiary/aromatic N) is 1. The molecule has 100 valence electrons. The van der Waals surface area contributed by atoms with Crippen LogP contribution in [0.1, 0.15) is 18.9 Å². The van der Waals surface area contributed by atoms with Gasteiger partial charge >= 0.3 is 0 Å². The van der Waals surface area contributed by atoms with E-state index in [1.807, 2.05) is 26.0 Å². The van der Waals surface area contributed by atoms with Crippen molar-refractivity contribution >= 4 is 11.6 Å². The molecule has 0 heterocycles. The third kappa shape index (κ3) is 4.36. The van der Waals surface area contributed by atoms with Crippen molar-refractivity contribution in [3.8, 4) is 11.8 Å². The van der Waals surface area contributed by atoms with Gasteiger partial charge in [0.25, 0.3) is 5.91 Å². The van der Waals surface area contributed by atoms with Crippen LogP contribution < -0.4 is 10.6 Å². The summed E-state index contributed by atoms with van der Waals surface area (Å²) in [6, 6.07) is 6.91. The van der Waals surface area contributed by atoms with Crippen molar-refractivity contribution < 1.29 is 9.90 Å². The number of hydrogen-bond acceptors (Lipinski definition) is 4. The molecule has 0 aliphatic rings. The molecule has 0 unspecified atom stereocenters. The van der Waals surface area contributed by atoms with Crippen LogP contribution in [0.4, 0.5) is 5.69 Å². The molecule has 1 rings (SSSR count). The number of aromatic hydroxyl groups is 1. The highest BCUT2D eigenvalue weighted by Crippen LogP contribution is 2.23. The van der Waals surface area contributed by atoms with Crippen LogP contribution in [0.25, 0.3) is 0 Å². The number of carbonyl (C=O) groups is 1. The molecular formula is C14H17N3O2. The third-order valence-corrected chi connectivity index (χ3v) is 2.43. The van der Waals surface area contributed by atoms with Gasteiger partial charge in [-0.25, -0.2) is 0 Å². The van der Waals surface area contributed by atoms with Crippen molar-refractivity contribution in [2.45, 2.75) is 20.3 Å². The molecule has 1 aromatic rings. The van der Waals surface area contributed by atoms with Crippen LogP contribution in [0.15, 0.2) is 30.0 Å². The Morgan fingerprint density at radius 1 is 1.53 bits per heavy atom. The van der Waals surface area contributed by atoms with E-state index in [4.69, 9.17) is 5.26 Å². The summed E-state index contributed by atoms with van der Waals surface area (Å²) in [7, 11) is 0. The predicted molar refractivity (Wildman–Crippen MR) is 73.5 cm³/mol. The molecule has 5 nitrogen and oxygen atoms in total. The van der Waals surface area contributed by atoms with E-state index < -0.39 is 5.91 Å². The summed E-state index contributed by atoms with van der Waals surface area (Å²) < 4.78 is 0. The minimum absolute atomic E-state index is 0.0339. The molecule has 0 aliphatic carbocycles. The highest BCUT2D eigenvalue weighted by molar-refractivity contribution is 5.97. The first kappa shape index (κ1) is 14.6. The molecule has 1 amide bonds. The Balaban J connectivity index is 2.77. The van der Waals surface area contributed by atoms with Gasteiger partial charge in [0.05, 0.1) is 5.69 Å². The summed E-state index contributed by atoms with van der Waals surface area (Å²) in [5.41, 5.74) is 1.34. The fraction of sp³-hybridized carbons (Fsp3) is 0.286. The van der Waals surface area contributed by atoms with Gasteiger partial charge in [-0.2, -0.15) is 5.26 Å². The lowest BCUT2D eigenvalue weighted by molar-refractivity contribution is -0.117. The molecule has 0 aromatic heterocycles. The van der Waals surface area contributed by atoms with Gasteiger partial charge in [-0.15, -0.1) is 0 Å². The summed E-state index contributed by atoms with van der Waals surface area (Å²) in [5.74, 6) is -0.356. The number of aryl methyl sites for hydroxylation is 1. The Hall–Kier alpha value is -2.48. The van der Waals surface area contributed by atoms with Crippen LogP contribution in [0.2, 0.25) is 0 Å². The molecule has 19 heavy (non-hydrogen) atoms. The van der Waals surface area contributed by atoms with E-state index in [0.717, 1.165) is 12.0 Å². The largest absolute Gasteiger partial charge is 0.506 e. The van der Waals surface area contributed by atoms with E-state index >= 15 is 0 Å². The normalized spacial score (nSPS) is 10.7. The summed E-state index contributed by atoms with van der Waals surface area (Å²) in [5, 5.41) is 24.0. The number of phenols is 1. The van der Waals surface area contributed by atoms with E-state index in [9.17, 15) is 9.90 Å². The van der Waals surface area contributed by atoms with Gasteiger partial charge in [0, 0.05) is 12.7 Å². The van der Waals surface area contributed by atoms with E-state index in [-0.39, 0.29) is 11.3 Å². The number of hydrogen-bond donors (Lipinski definition) is 3. The van der Waals surface area contributed by atoms with Crippen LogP contribution in [0.5, 0.6) is 5.75 Å². The Labute approximate surface area is 112 Å². The fourth-order valence-corrected chi connectivity index (χ4v) is 1.40. The van der Waals surface area contributed by atoms with Crippen LogP contribution in [0, 0.1) is 18.3 Å². The van der Waals surface area contributed by atoms with Crippen LogP contribution in [0.3, 0.4) is 0 Å². The zero-order chi connectivity index (χ0) is 14.3. The van der Waals surface area contributed by atoms with Crippen LogP contribution in [-0.4, -0.2) is 17.6 Å². The van der Waals surface area contributed by atoms with Gasteiger partial charge < -0.3 is 15.7 Å². The number of benzene rings is 1. The Bertz CT molecular complexity index is 530. The summed E-state index contributed by atoms with van der Waals surface area (Å²) >= 11 is 0. The second-order valence-corrected chi connectivity index (χ2v) is 4.09. The molecule has 0 bridgehead atoms. The average molecular weight is 259 g/mol. The van der Waals surface area contributed by atoms with Crippen molar-refractivity contribution in [3.63, 3.8) is 0 Å². The average Bonchev–Trinajstić information content (AvgIpc) is 2.39. The zero-order valence-electron chi connectivity index (χ0n) is 11.0. The lowest BCUT2D eigenvalue weighted by Crippen LogP contribution is -2.25. The van der Waals surface area contributed by atoms with Crippen LogP contribution >= 0.6 is 0 Å². The van der Waals surface area contributed by atoms with Gasteiger partial charge in [0.15, 0.2) is 0 Å². The molecule has 0 atom stereocenters. The molecule has 5 heteroatoms. The van der Waals surface area contributed by atoms with Gasteiger partial charge in [0.1, 0.15) is 17.4 Å². The van der Waals surface area contributed by atoms with Crippen molar-refractivity contribution in [1.29, 1.82) is 5.26 Å². The number of carbonyl (C=O) groups excluding carboxylic acids is 1. The monoisotopic (exact) mass is 259 g/mol. The van der Waals surface area contributed by atoms with Crippen LogP contribution in [-0.2, 0) is 4.79 Å². The van der Waals surface area contributed by atoms with Gasteiger partial charge in [0.2, 0.25) is 0 Å². The molecular weight excluding hydrogens is 242 g/mol. The topological polar surface area (TPSA) is 85.2 Å². The first-order chi connectivity index (χ1) is 9.08. The maximum absolute atomic E-state index is 11.6. The molecule has 1 aromatic carbocycles. The predicted octanol–water partition coefficient (Wildman–Crippen LogP) is 2.05. The smallest absolute Gasteiger partial charge is 0.263 e. The highest BCUT2D eigenvalue weighted by atomic mass is 16.3. The van der Waals surface area contributed by atoms with E-state index in [0.29, 0.717) is 12.2 Å². The van der Waals surface area contributed by atoms with Crippen molar-refractivity contribution in [1.82, 2.24) is 5.32 Å². The number of nitriles is 1. The Morgan fingerprint density at radius 2 is 2.26 bits per heavy atom. The summed E-state index contributed by atoms with van der Waals surface area (Å²) in [4.78, 5) is 11.6. The quantitative estimate of drug-likeness (QED) is 0.429. The van der Waals surface area contributed by atoms with Crippen molar-refractivity contribution in [3.05, 3.63) is 35.5 Å². The maximum atomic E-state index is 11.6. The molecule has 0 fully saturated rings. The second-order valence-electron chi connectivity index (χ2n) is 4.09. The van der Waals surface area contributed by atoms with Crippen molar-refractivity contribution in [2.24, 2.45) is 0 Å². The van der Waals surface area contributed by atoms with Gasteiger partial charge in [-0.1, -0.05) is 13.0 Å². The first-order valence-electron chi connectivity index (χ1n) is 6.03. The molecule has 0 saturated heterocycles. The number of rotatable bonds is 5. The summed E-state index contributed by atoms with van der Waals surface area (Å²) in [6.45, 7) is 4.31. The second kappa shape index (κ2) is 7.07. The minimum Gasteiger partial charge on any atom is -0.506 e. The standard InChI is InChI=1S/C14H17N3O2/c1-3-6-16-14(19)11(8-15)9-17-12-5-4-10(2)7-13(12)18/h4-5,7,9,17-18H,3,6H2,1-2H3,(H,16,19)/b11-9-. The van der Waals surface area contributed by atoms with Gasteiger partial charge in [-0.05, 0) is 31.0 Å². The SMILES string of the molecule is CCCNC(=O)/C(C#N)=C\Nc1ccc(C)cc1O. The highest BCUT2D eigenvalue weighted by Gasteiger charge is 2.08. The van der Waals surface area contributed by atoms with E-state index in [1.165, 1.54) is 6.20 Å². The minimum atomic E-state index is -0.427. The third-order valence-electron chi connectivity index (χ3n) is 2.43. The fourth-order valence-electron chi connectivity index (χ4n) is 1.40. The lowest BCUT2D eigenvalue weighted by atomic mass is 10.2. The number of anilines is 1. The molecule has 3 N–H and O–H groups in total. The maximum Gasteiger partial charge on any atom is 0.263 e. The number of amides is 1. The number of phenolic OH excluding ortho intramolecular Hbond substituents is 1. The molecule has 0 radical (unpaired) electrons. The van der Waals surface area contributed by atoms with Gasteiger partial charge in [-0.3, -0.25) is 4.79 Å². The molecule has 0 saturated carbocycles. The number of nitrogens with one attached hydrogen (secondary N) is 2. The van der Waals surface area contributed by atoms with E-state index in [2.05, 4.69) is 10.6 Å². The van der Waals surface area contributed by atoms with E-state index in [1.54, 1.807) is 12.1 Å². The summed E-state index contributed by atoms with van der Waals surface area (Å²) in [6.07, 6.45) is 2.09.